The van der Waals surface area contributed by atoms with E-state index in [9.17, 15) is 4.79 Å². The number of hydrazine groups is 1. The minimum Gasteiger partial charge on any atom is -0.375 e. The third kappa shape index (κ3) is 2.20. The summed E-state index contributed by atoms with van der Waals surface area (Å²) in [7, 11) is 0. The van der Waals surface area contributed by atoms with Crippen LogP contribution in [-0.2, 0) is 0 Å². The monoisotopic (exact) mass is 196 g/mol. The molecule has 6 heteroatoms. The molecule has 1 aromatic heterocycles. The molecule has 0 aromatic carbocycles. The molecule has 0 aliphatic rings. The van der Waals surface area contributed by atoms with Crippen LogP contribution in [0.5, 0.6) is 0 Å². The Kier molecular flexibility index (Phi) is 2.88. The maximum atomic E-state index is 11.4. The van der Waals surface area contributed by atoms with Gasteiger partial charge in [-0.25, -0.2) is 10.9 Å². The number of hydrogen-bond acceptors (Lipinski definition) is 4. The van der Waals surface area contributed by atoms with Crippen LogP contribution in [0.1, 0.15) is 10.5 Å². The molecule has 13 heavy (non-hydrogen) atoms. The number of nitrogens with zero attached hydrogens (tertiary/aromatic N) is 2. The Morgan fingerprint density at radius 3 is 2.69 bits per heavy atom. The predicted molar refractivity (Wildman–Crippen MR) is 51.4 cm³/mol. The molecule has 1 heterocycles. The average molecular weight is 196 g/mol. The molecular weight excluding hydrogens is 188 g/mol. The van der Waals surface area contributed by atoms with Crippen molar-refractivity contribution in [2.45, 2.75) is 0 Å². The summed E-state index contributed by atoms with van der Waals surface area (Å²) in [5.74, 6) is 4.75. The first-order chi connectivity index (χ1) is 6.13. The van der Waals surface area contributed by atoms with Gasteiger partial charge in [0.2, 0.25) is 0 Å². The SMILES string of the molecule is NC(=S)N(N)C(=O)c1ccccn1. The third-order valence-corrected chi connectivity index (χ3v) is 1.54. The molecule has 0 aliphatic heterocycles. The van der Waals surface area contributed by atoms with Crippen molar-refractivity contribution in [1.82, 2.24) is 9.99 Å². The first-order valence-corrected chi connectivity index (χ1v) is 3.83. The van der Waals surface area contributed by atoms with Crippen LogP contribution < -0.4 is 11.6 Å². The van der Waals surface area contributed by atoms with Crippen molar-refractivity contribution in [2.75, 3.05) is 0 Å². The van der Waals surface area contributed by atoms with E-state index in [0.29, 0.717) is 5.01 Å². The van der Waals surface area contributed by atoms with E-state index in [4.69, 9.17) is 11.6 Å². The topological polar surface area (TPSA) is 85.2 Å². The van der Waals surface area contributed by atoms with Crippen LogP contribution in [0.3, 0.4) is 0 Å². The van der Waals surface area contributed by atoms with Gasteiger partial charge in [-0.2, -0.15) is 0 Å². The van der Waals surface area contributed by atoms with Crippen LogP contribution in [0.4, 0.5) is 0 Å². The zero-order valence-corrected chi connectivity index (χ0v) is 7.49. The van der Waals surface area contributed by atoms with Crippen molar-refractivity contribution in [1.29, 1.82) is 0 Å². The Bertz CT molecular complexity index is 327. The van der Waals surface area contributed by atoms with Crippen LogP contribution in [0.2, 0.25) is 0 Å². The van der Waals surface area contributed by atoms with E-state index in [1.165, 1.54) is 12.3 Å². The summed E-state index contributed by atoms with van der Waals surface area (Å²) in [5.41, 5.74) is 5.36. The van der Waals surface area contributed by atoms with E-state index in [1.54, 1.807) is 12.1 Å². The maximum Gasteiger partial charge on any atom is 0.292 e. The number of pyridine rings is 1. The van der Waals surface area contributed by atoms with Gasteiger partial charge >= 0.3 is 0 Å². The summed E-state index contributed by atoms with van der Waals surface area (Å²) in [5, 5.41) is 0.494. The Hall–Kier alpha value is -1.53. The first-order valence-electron chi connectivity index (χ1n) is 3.42. The molecule has 0 atom stereocenters. The highest BCUT2D eigenvalue weighted by molar-refractivity contribution is 7.80. The largest absolute Gasteiger partial charge is 0.375 e. The number of aromatic nitrogens is 1. The van der Waals surface area contributed by atoms with Gasteiger partial charge in [0.1, 0.15) is 5.69 Å². The molecule has 5 nitrogen and oxygen atoms in total. The number of nitrogens with two attached hydrogens (primary N) is 2. The molecule has 4 N–H and O–H groups in total. The van der Waals surface area contributed by atoms with Crippen molar-refractivity contribution in [3.8, 4) is 0 Å². The van der Waals surface area contributed by atoms with Crippen LogP contribution in [0.25, 0.3) is 0 Å². The molecule has 0 aliphatic carbocycles. The molecule has 1 rings (SSSR count). The lowest BCUT2D eigenvalue weighted by molar-refractivity contribution is 0.0843. The minimum absolute atomic E-state index is 0.185. The Morgan fingerprint density at radius 2 is 2.23 bits per heavy atom. The Morgan fingerprint density at radius 1 is 1.54 bits per heavy atom. The number of hydrogen-bond donors (Lipinski definition) is 2. The van der Waals surface area contributed by atoms with Gasteiger partial charge in [-0.05, 0) is 24.4 Å². The zero-order chi connectivity index (χ0) is 9.84. The number of carbonyl (C=O) groups excluding carboxylic acids is 1. The van der Waals surface area contributed by atoms with Crippen molar-refractivity contribution in [3.63, 3.8) is 0 Å². The van der Waals surface area contributed by atoms with Gasteiger partial charge in [0, 0.05) is 6.20 Å². The fourth-order valence-electron chi connectivity index (χ4n) is 0.713. The number of carbonyl (C=O) groups is 1. The van der Waals surface area contributed by atoms with E-state index in [2.05, 4.69) is 17.2 Å². The maximum absolute atomic E-state index is 11.4. The minimum atomic E-state index is -0.520. The molecule has 1 amide bonds. The fourth-order valence-corrected chi connectivity index (χ4v) is 0.796. The standard InChI is InChI=1S/C7H8N4OS/c8-7(13)11(9)6(12)5-3-1-2-4-10-5/h1-4H,9H2,(H2,8,13). The lowest BCUT2D eigenvalue weighted by atomic mass is 10.3. The average Bonchev–Trinajstić information content (AvgIpc) is 2.17. The van der Waals surface area contributed by atoms with E-state index in [1.807, 2.05) is 0 Å². The van der Waals surface area contributed by atoms with E-state index < -0.39 is 5.91 Å². The molecule has 68 valence electrons. The van der Waals surface area contributed by atoms with Crippen molar-refractivity contribution >= 4 is 23.2 Å². The quantitative estimate of drug-likeness (QED) is 0.277. The Labute approximate surface area is 80.3 Å². The van der Waals surface area contributed by atoms with Crippen molar-refractivity contribution in [2.24, 2.45) is 11.6 Å². The normalized spacial score (nSPS) is 9.31. The third-order valence-electron chi connectivity index (χ3n) is 1.34. The van der Waals surface area contributed by atoms with Crippen molar-refractivity contribution < 1.29 is 4.79 Å². The van der Waals surface area contributed by atoms with Gasteiger partial charge in [0.25, 0.3) is 5.91 Å². The second-order valence-corrected chi connectivity index (χ2v) is 2.65. The van der Waals surface area contributed by atoms with E-state index >= 15 is 0 Å². The van der Waals surface area contributed by atoms with Gasteiger partial charge in [0.15, 0.2) is 5.11 Å². The summed E-state index contributed by atoms with van der Waals surface area (Å²) in [4.78, 5) is 15.2. The summed E-state index contributed by atoms with van der Waals surface area (Å²) in [6.07, 6.45) is 1.49. The van der Waals surface area contributed by atoms with E-state index in [-0.39, 0.29) is 10.8 Å². The van der Waals surface area contributed by atoms with Gasteiger partial charge in [-0.1, -0.05) is 6.07 Å². The van der Waals surface area contributed by atoms with E-state index in [0.717, 1.165) is 0 Å². The predicted octanol–water partition coefficient (Wildman–Crippen LogP) is -0.359. The van der Waals surface area contributed by atoms with Crippen LogP contribution >= 0.6 is 12.2 Å². The van der Waals surface area contributed by atoms with Gasteiger partial charge in [-0.3, -0.25) is 9.78 Å². The zero-order valence-electron chi connectivity index (χ0n) is 6.68. The van der Waals surface area contributed by atoms with Gasteiger partial charge in [0.05, 0.1) is 0 Å². The lowest BCUT2D eigenvalue weighted by Crippen LogP contribution is -2.45. The van der Waals surface area contributed by atoms with Gasteiger partial charge < -0.3 is 5.73 Å². The molecule has 1 aromatic rings. The number of rotatable bonds is 1. The van der Waals surface area contributed by atoms with Gasteiger partial charge in [-0.15, -0.1) is 0 Å². The number of thiocarbonyl (C=S) groups is 1. The second-order valence-electron chi connectivity index (χ2n) is 2.23. The molecular formula is C7H8N4OS. The second kappa shape index (κ2) is 3.92. The van der Waals surface area contributed by atoms with Crippen molar-refractivity contribution in [3.05, 3.63) is 30.1 Å². The molecule has 0 bridgehead atoms. The van der Waals surface area contributed by atoms with Crippen LogP contribution in [-0.4, -0.2) is 21.0 Å². The van der Waals surface area contributed by atoms with Crippen LogP contribution in [0, 0.1) is 0 Å². The fraction of sp³-hybridized carbons (Fsp3) is 0. The molecule has 0 saturated carbocycles. The smallest absolute Gasteiger partial charge is 0.292 e. The highest BCUT2D eigenvalue weighted by Gasteiger charge is 2.14. The summed E-state index contributed by atoms with van der Waals surface area (Å²) in [6.45, 7) is 0. The molecule has 0 saturated heterocycles. The van der Waals surface area contributed by atoms with Crippen LogP contribution in [0.15, 0.2) is 24.4 Å². The summed E-state index contributed by atoms with van der Waals surface area (Å²) < 4.78 is 0. The Balaban J connectivity index is 2.86. The molecule has 0 fully saturated rings. The highest BCUT2D eigenvalue weighted by Crippen LogP contribution is 1.96. The number of amides is 1. The summed E-state index contributed by atoms with van der Waals surface area (Å²) >= 11 is 4.52. The molecule has 0 unspecified atom stereocenters. The highest BCUT2D eigenvalue weighted by atomic mass is 32.1. The molecule has 0 radical (unpaired) electrons. The first kappa shape index (κ1) is 9.56. The lowest BCUT2D eigenvalue weighted by Gasteiger charge is -2.12. The summed E-state index contributed by atoms with van der Waals surface area (Å²) in [6, 6.07) is 4.90. The molecule has 0 spiro atoms.